The molecule has 0 unspecified atom stereocenters. The molecule has 18 heavy (non-hydrogen) atoms. The number of ether oxygens (including phenoxy) is 1. The Balaban J connectivity index is 3.10. The van der Waals surface area contributed by atoms with Crippen molar-refractivity contribution in [2.24, 2.45) is 0 Å². The molecule has 0 heterocycles. The molecule has 0 fully saturated rings. The highest BCUT2D eigenvalue weighted by Crippen LogP contribution is 2.28. The van der Waals surface area contributed by atoms with E-state index in [4.69, 9.17) is 21.7 Å². The van der Waals surface area contributed by atoms with Gasteiger partial charge in [-0.25, -0.2) is 4.79 Å². The summed E-state index contributed by atoms with van der Waals surface area (Å²) in [6, 6.07) is 5.51. The number of hydrogen-bond donors (Lipinski definition) is 1. The molecule has 3 nitrogen and oxygen atoms in total. The smallest absolute Gasteiger partial charge is 0.331 e. The summed E-state index contributed by atoms with van der Waals surface area (Å²) < 4.78 is 4.86. The van der Waals surface area contributed by atoms with Crippen LogP contribution in [0.25, 0.3) is 4.91 Å². The highest BCUT2D eigenvalue weighted by Gasteiger charge is 2.07. The molecule has 96 valence electrons. The Kier molecular flexibility index (Phi) is 5.95. The summed E-state index contributed by atoms with van der Waals surface area (Å²) in [7, 11) is 0. The van der Waals surface area contributed by atoms with Gasteiger partial charge in [-0.15, -0.1) is 0 Å². The zero-order valence-electron chi connectivity index (χ0n) is 10.2. The molecular formula is C13H14ClNO2S. The van der Waals surface area contributed by atoms with E-state index < -0.39 is 5.97 Å². The van der Waals surface area contributed by atoms with Crippen molar-refractivity contribution in [1.29, 1.82) is 5.41 Å². The SMILES string of the molecule is CCOC(=O)/C=C(/SC=N)c1cc(C)cc(Cl)c1. The van der Waals surface area contributed by atoms with E-state index in [1.54, 1.807) is 13.0 Å². The number of rotatable bonds is 5. The Labute approximate surface area is 116 Å². The van der Waals surface area contributed by atoms with E-state index in [9.17, 15) is 4.79 Å². The molecule has 1 aromatic carbocycles. The van der Waals surface area contributed by atoms with Gasteiger partial charge in [0.15, 0.2) is 0 Å². The van der Waals surface area contributed by atoms with Gasteiger partial charge in [-0.05, 0) is 37.1 Å². The van der Waals surface area contributed by atoms with Crippen molar-refractivity contribution in [3.8, 4) is 0 Å². The van der Waals surface area contributed by atoms with Crippen LogP contribution in [0.1, 0.15) is 18.1 Å². The molecule has 0 aliphatic carbocycles. The van der Waals surface area contributed by atoms with E-state index in [1.165, 1.54) is 11.6 Å². The van der Waals surface area contributed by atoms with Crippen molar-refractivity contribution in [3.05, 3.63) is 40.4 Å². The molecule has 0 spiro atoms. The summed E-state index contributed by atoms with van der Waals surface area (Å²) in [4.78, 5) is 12.1. The average Bonchev–Trinajstić information content (AvgIpc) is 2.27. The van der Waals surface area contributed by atoms with Crippen LogP contribution in [-0.4, -0.2) is 18.1 Å². The van der Waals surface area contributed by atoms with Gasteiger partial charge < -0.3 is 10.1 Å². The number of nitrogens with one attached hydrogen (secondary N) is 1. The fourth-order valence-electron chi connectivity index (χ4n) is 1.42. The standard InChI is InChI=1S/C13H14ClNO2S/c1-3-17-13(16)7-12(18-8-15)10-4-9(2)5-11(14)6-10/h4-8,15H,3H2,1-2H3/b12-7+,15-8?. The van der Waals surface area contributed by atoms with Gasteiger partial charge in [-0.2, -0.15) is 0 Å². The number of carbonyl (C=O) groups excluding carboxylic acids is 1. The maximum atomic E-state index is 11.5. The number of esters is 1. The first-order valence-corrected chi connectivity index (χ1v) is 6.64. The average molecular weight is 284 g/mol. The Morgan fingerprint density at radius 1 is 1.50 bits per heavy atom. The van der Waals surface area contributed by atoms with Crippen LogP contribution >= 0.6 is 23.4 Å². The third kappa shape index (κ3) is 4.55. The highest BCUT2D eigenvalue weighted by molar-refractivity contribution is 8.20. The molecule has 0 atom stereocenters. The first-order valence-electron chi connectivity index (χ1n) is 5.38. The first kappa shape index (κ1) is 14.8. The maximum Gasteiger partial charge on any atom is 0.331 e. The summed E-state index contributed by atoms with van der Waals surface area (Å²) >= 11 is 7.13. The van der Waals surface area contributed by atoms with Gasteiger partial charge in [-0.3, -0.25) is 0 Å². The molecular weight excluding hydrogens is 270 g/mol. The number of aryl methyl sites for hydroxylation is 1. The molecule has 0 radical (unpaired) electrons. The van der Waals surface area contributed by atoms with Crippen molar-refractivity contribution in [3.63, 3.8) is 0 Å². The number of carbonyl (C=O) groups is 1. The van der Waals surface area contributed by atoms with Gasteiger partial charge in [0.1, 0.15) is 0 Å². The second kappa shape index (κ2) is 7.24. The van der Waals surface area contributed by atoms with Gasteiger partial charge in [0.05, 0.1) is 12.2 Å². The predicted octanol–water partition coefficient (Wildman–Crippen LogP) is 3.89. The Morgan fingerprint density at radius 3 is 2.78 bits per heavy atom. The van der Waals surface area contributed by atoms with Crippen LogP contribution in [0.5, 0.6) is 0 Å². The topological polar surface area (TPSA) is 50.2 Å². The van der Waals surface area contributed by atoms with Crippen LogP contribution in [0.15, 0.2) is 24.3 Å². The van der Waals surface area contributed by atoms with Gasteiger partial charge in [0.25, 0.3) is 0 Å². The highest BCUT2D eigenvalue weighted by atomic mass is 35.5. The second-order valence-corrected chi connectivity index (χ2v) is 4.86. The number of benzene rings is 1. The monoisotopic (exact) mass is 283 g/mol. The summed E-state index contributed by atoms with van der Waals surface area (Å²) in [5.41, 5.74) is 2.97. The zero-order valence-corrected chi connectivity index (χ0v) is 11.8. The van der Waals surface area contributed by atoms with Gasteiger partial charge in [-0.1, -0.05) is 29.4 Å². The second-order valence-electron chi connectivity index (χ2n) is 3.51. The van der Waals surface area contributed by atoms with E-state index in [1.807, 2.05) is 19.1 Å². The molecule has 0 aliphatic rings. The molecule has 1 N–H and O–H groups in total. The van der Waals surface area contributed by atoms with Gasteiger partial charge in [0, 0.05) is 16.0 Å². The third-order valence-electron chi connectivity index (χ3n) is 2.05. The van der Waals surface area contributed by atoms with Crippen LogP contribution in [0.2, 0.25) is 5.02 Å². The van der Waals surface area contributed by atoms with Gasteiger partial charge in [0.2, 0.25) is 0 Å². The Morgan fingerprint density at radius 2 is 2.22 bits per heavy atom. The normalized spacial score (nSPS) is 11.2. The van der Waals surface area contributed by atoms with Crippen LogP contribution in [0.3, 0.4) is 0 Å². The lowest BCUT2D eigenvalue weighted by Crippen LogP contribution is -2.00. The Hall–Kier alpha value is -1.26. The molecule has 0 saturated heterocycles. The van der Waals surface area contributed by atoms with Crippen LogP contribution in [0.4, 0.5) is 0 Å². The molecule has 0 aromatic heterocycles. The molecule has 1 aromatic rings. The van der Waals surface area contributed by atoms with Crippen LogP contribution in [-0.2, 0) is 9.53 Å². The minimum atomic E-state index is -0.417. The summed E-state index contributed by atoms with van der Waals surface area (Å²) in [6.07, 6.45) is 1.38. The van der Waals surface area contributed by atoms with E-state index in [0.717, 1.165) is 22.9 Å². The van der Waals surface area contributed by atoms with Crippen molar-refractivity contribution in [1.82, 2.24) is 0 Å². The molecule has 0 aliphatic heterocycles. The maximum absolute atomic E-state index is 11.5. The summed E-state index contributed by atoms with van der Waals surface area (Å²) in [5, 5.41) is 7.75. The molecule has 0 saturated carbocycles. The third-order valence-corrected chi connectivity index (χ3v) is 2.99. The lowest BCUT2D eigenvalue weighted by Gasteiger charge is -2.06. The molecule has 5 heteroatoms. The molecule has 0 bridgehead atoms. The first-order chi connectivity index (χ1) is 8.56. The van der Waals surface area contributed by atoms with Crippen molar-refractivity contribution < 1.29 is 9.53 Å². The fraction of sp³-hybridized carbons (Fsp3) is 0.231. The lowest BCUT2D eigenvalue weighted by molar-refractivity contribution is -0.137. The van der Waals surface area contributed by atoms with Gasteiger partial charge >= 0.3 is 5.97 Å². The largest absolute Gasteiger partial charge is 0.463 e. The van der Waals surface area contributed by atoms with E-state index in [2.05, 4.69) is 0 Å². The van der Waals surface area contributed by atoms with Crippen LogP contribution < -0.4 is 0 Å². The number of thioether (sulfide) groups is 1. The van der Waals surface area contributed by atoms with E-state index in [0.29, 0.717) is 16.5 Å². The van der Waals surface area contributed by atoms with Crippen LogP contribution in [0, 0.1) is 12.3 Å². The number of hydrogen-bond acceptors (Lipinski definition) is 4. The zero-order chi connectivity index (χ0) is 13.5. The Bertz CT molecular complexity index is 466. The molecule has 0 amide bonds. The quantitative estimate of drug-likeness (QED) is 0.386. The summed E-state index contributed by atoms with van der Waals surface area (Å²) in [5.74, 6) is -0.417. The van der Waals surface area contributed by atoms with Crippen molar-refractivity contribution in [2.45, 2.75) is 13.8 Å². The van der Waals surface area contributed by atoms with E-state index >= 15 is 0 Å². The van der Waals surface area contributed by atoms with Crippen molar-refractivity contribution >= 4 is 39.8 Å². The minimum absolute atomic E-state index is 0.326. The number of halogens is 1. The fourth-order valence-corrected chi connectivity index (χ4v) is 2.25. The molecule has 1 rings (SSSR count). The van der Waals surface area contributed by atoms with Crippen molar-refractivity contribution in [2.75, 3.05) is 6.61 Å². The predicted molar refractivity (Wildman–Crippen MR) is 77.2 cm³/mol. The summed E-state index contributed by atoms with van der Waals surface area (Å²) in [6.45, 7) is 4.00. The minimum Gasteiger partial charge on any atom is -0.463 e. The lowest BCUT2D eigenvalue weighted by atomic mass is 10.1. The van der Waals surface area contributed by atoms with E-state index in [-0.39, 0.29) is 0 Å².